The molecular formula is C26H32FN5O3. The number of hydrogen-bond donors (Lipinski definition) is 0. The lowest BCUT2D eigenvalue weighted by molar-refractivity contribution is -0.120. The van der Waals surface area contributed by atoms with Gasteiger partial charge in [-0.25, -0.2) is 14.1 Å². The summed E-state index contributed by atoms with van der Waals surface area (Å²) >= 11 is 0. The average molecular weight is 482 g/mol. The smallest absolute Gasteiger partial charge is 0.200 e. The number of hydrogen-bond acceptors (Lipinski definition) is 7. The van der Waals surface area contributed by atoms with E-state index in [4.69, 9.17) is 9.47 Å². The summed E-state index contributed by atoms with van der Waals surface area (Å²) in [4.78, 5) is 24.2. The Hall–Kier alpha value is -3.17. The molecule has 3 aromatic rings. The first kappa shape index (κ1) is 24.9. The third-order valence-electron chi connectivity index (χ3n) is 5.92. The zero-order valence-corrected chi connectivity index (χ0v) is 20.5. The summed E-state index contributed by atoms with van der Waals surface area (Å²) in [6, 6.07) is 8.43. The predicted octanol–water partition coefficient (Wildman–Crippen LogP) is 3.64. The molecule has 0 unspecified atom stereocenters. The van der Waals surface area contributed by atoms with Gasteiger partial charge >= 0.3 is 0 Å². The van der Waals surface area contributed by atoms with Gasteiger partial charge in [-0.1, -0.05) is 19.9 Å². The second kappa shape index (κ2) is 11.5. The molecular weight excluding hydrogens is 449 g/mol. The van der Waals surface area contributed by atoms with Crippen LogP contribution >= 0.6 is 0 Å². The van der Waals surface area contributed by atoms with Crippen molar-refractivity contribution in [1.82, 2.24) is 24.6 Å². The minimum atomic E-state index is -0.465. The molecule has 0 atom stereocenters. The molecule has 0 aliphatic carbocycles. The van der Waals surface area contributed by atoms with Gasteiger partial charge < -0.3 is 9.47 Å². The molecule has 1 aliphatic heterocycles. The summed E-state index contributed by atoms with van der Waals surface area (Å²) < 4.78 is 26.1. The van der Waals surface area contributed by atoms with Crippen LogP contribution in [0.15, 0.2) is 36.5 Å². The van der Waals surface area contributed by atoms with Crippen LogP contribution in [0.5, 0.6) is 5.75 Å². The third-order valence-corrected chi connectivity index (χ3v) is 5.92. The fourth-order valence-corrected chi connectivity index (χ4v) is 4.08. The Balaban J connectivity index is 1.57. The van der Waals surface area contributed by atoms with E-state index in [1.54, 1.807) is 16.8 Å². The number of ketones is 1. The summed E-state index contributed by atoms with van der Waals surface area (Å²) in [5.41, 5.74) is 2.36. The van der Waals surface area contributed by atoms with Gasteiger partial charge in [-0.05, 0) is 42.2 Å². The number of rotatable bonds is 10. The van der Waals surface area contributed by atoms with E-state index < -0.39 is 5.82 Å². The van der Waals surface area contributed by atoms with E-state index >= 15 is 0 Å². The highest BCUT2D eigenvalue weighted by molar-refractivity contribution is 5.79. The Labute approximate surface area is 205 Å². The molecule has 1 aliphatic rings. The number of pyridine rings is 1. The van der Waals surface area contributed by atoms with Crippen LogP contribution in [0.2, 0.25) is 0 Å². The van der Waals surface area contributed by atoms with E-state index in [0.29, 0.717) is 29.3 Å². The summed E-state index contributed by atoms with van der Waals surface area (Å²) in [5, 5.41) is 4.60. The third kappa shape index (κ3) is 6.49. The van der Waals surface area contributed by atoms with Gasteiger partial charge in [-0.3, -0.25) is 14.7 Å². The van der Waals surface area contributed by atoms with Crippen molar-refractivity contribution in [2.45, 2.75) is 33.2 Å². The van der Waals surface area contributed by atoms with Crippen LogP contribution < -0.4 is 4.74 Å². The number of aromatic nitrogens is 4. The summed E-state index contributed by atoms with van der Waals surface area (Å²) in [7, 11) is 1.41. The first-order valence-corrected chi connectivity index (χ1v) is 12.0. The second-order valence-corrected chi connectivity index (χ2v) is 9.16. The Morgan fingerprint density at radius 3 is 2.69 bits per heavy atom. The van der Waals surface area contributed by atoms with E-state index in [0.717, 1.165) is 44.8 Å². The van der Waals surface area contributed by atoms with Crippen LogP contribution in [-0.4, -0.2) is 70.4 Å². The lowest BCUT2D eigenvalue weighted by Gasteiger charge is -2.26. The van der Waals surface area contributed by atoms with Crippen molar-refractivity contribution in [3.05, 3.63) is 47.9 Å². The lowest BCUT2D eigenvalue weighted by Crippen LogP contribution is -2.37. The molecule has 1 saturated heterocycles. The highest BCUT2D eigenvalue weighted by Crippen LogP contribution is 2.27. The average Bonchev–Trinajstić information content (AvgIpc) is 3.27. The number of methoxy groups -OCH3 is 1. The molecule has 1 fully saturated rings. The van der Waals surface area contributed by atoms with Crippen LogP contribution in [0, 0.1) is 11.7 Å². The van der Waals surface area contributed by atoms with Gasteiger partial charge in [0.05, 0.1) is 20.3 Å². The molecule has 9 heteroatoms. The number of benzene rings is 1. The number of Topliss-reactive ketones (excluding diaryl/α,β-unsaturated/α-hetero) is 1. The molecule has 0 radical (unpaired) electrons. The number of morpholine rings is 1. The quantitative estimate of drug-likeness (QED) is 0.437. The number of carbonyl (C=O) groups excluding carboxylic acids is 1. The molecule has 186 valence electrons. The van der Waals surface area contributed by atoms with Crippen molar-refractivity contribution < 1.29 is 18.7 Å². The van der Waals surface area contributed by atoms with Crippen molar-refractivity contribution in [2.75, 3.05) is 40.0 Å². The highest BCUT2D eigenvalue weighted by Gasteiger charge is 2.19. The molecule has 35 heavy (non-hydrogen) atoms. The van der Waals surface area contributed by atoms with Crippen molar-refractivity contribution >= 4 is 5.78 Å². The maximum absolute atomic E-state index is 14.0. The van der Waals surface area contributed by atoms with Gasteiger partial charge in [-0.15, -0.1) is 5.10 Å². The molecule has 0 spiro atoms. The number of nitrogens with zero attached hydrogens (tertiary/aromatic N) is 5. The van der Waals surface area contributed by atoms with Gasteiger partial charge in [-0.2, -0.15) is 0 Å². The molecule has 0 N–H and O–H groups in total. The monoisotopic (exact) mass is 481 g/mol. The number of halogens is 1. The Kier molecular flexibility index (Phi) is 8.20. The fraction of sp³-hybridized carbons (Fsp3) is 0.462. The van der Waals surface area contributed by atoms with E-state index in [1.165, 1.54) is 13.2 Å². The Morgan fingerprint density at radius 1 is 1.20 bits per heavy atom. The second-order valence-electron chi connectivity index (χ2n) is 9.16. The normalized spacial score (nSPS) is 14.4. The minimum absolute atomic E-state index is 0.0539. The Bertz CT molecular complexity index is 1140. The van der Waals surface area contributed by atoms with Crippen LogP contribution in [0.4, 0.5) is 4.39 Å². The molecule has 0 saturated carbocycles. The molecule has 0 bridgehead atoms. The first-order chi connectivity index (χ1) is 16.9. The van der Waals surface area contributed by atoms with E-state index in [9.17, 15) is 9.18 Å². The predicted molar refractivity (Wildman–Crippen MR) is 131 cm³/mol. The van der Waals surface area contributed by atoms with Crippen molar-refractivity contribution in [3.8, 4) is 28.7 Å². The van der Waals surface area contributed by atoms with Crippen LogP contribution in [0.1, 0.15) is 25.8 Å². The summed E-state index contributed by atoms with van der Waals surface area (Å²) in [5.74, 6) is 0.821. The SMILES string of the molecule is COc1cc(-c2nc(-c3ccc(CCN4CCOCC4)cn3)nn2CC(=O)CC(C)C)ccc1F. The molecule has 1 aromatic carbocycles. The molecule has 4 rings (SSSR count). The fourth-order valence-electron chi connectivity index (χ4n) is 4.08. The molecule has 3 heterocycles. The standard InChI is InChI=1S/C26H32FN5O3/c1-18(2)14-21(33)17-32-26(20-5-6-22(27)24(15-20)34-3)29-25(30-32)23-7-4-19(16-28-23)8-9-31-10-12-35-13-11-31/h4-7,15-16,18H,8-14,17H2,1-3H3. The van der Waals surface area contributed by atoms with Crippen molar-refractivity contribution in [1.29, 1.82) is 0 Å². The Morgan fingerprint density at radius 2 is 2.00 bits per heavy atom. The van der Waals surface area contributed by atoms with Gasteiger partial charge in [0.2, 0.25) is 0 Å². The van der Waals surface area contributed by atoms with Gasteiger partial charge in [0, 0.05) is 37.8 Å². The van der Waals surface area contributed by atoms with E-state index in [-0.39, 0.29) is 24.0 Å². The van der Waals surface area contributed by atoms with Crippen LogP contribution in [0.3, 0.4) is 0 Å². The van der Waals surface area contributed by atoms with E-state index in [1.807, 2.05) is 32.2 Å². The van der Waals surface area contributed by atoms with Crippen molar-refractivity contribution in [2.24, 2.45) is 5.92 Å². The molecule has 0 amide bonds. The highest BCUT2D eigenvalue weighted by atomic mass is 19.1. The number of carbonyl (C=O) groups is 1. The van der Waals surface area contributed by atoms with Gasteiger partial charge in [0.25, 0.3) is 0 Å². The zero-order chi connectivity index (χ0) is 24.8. The van der Waals surface area contributed by atoms with Gasteiger partial charge in [0.1, 0.15) is 12.2 Å². The lowest BCUT2D eigenvalue weighted by atomic mass is 10.1. The maximum atomic E-state index is 14.0. The minimum Gasteiger partial charge on any atom is -0.494 e. The maximum Gasteiger partial charge on any atom is 0.200 e. The van der Waals surface area contributed by atoms with E-state index in [2.05, 4.69) is 20.0 Å². The van der Waals surface area contributed by atoms with Crippen LogP contribution in [-0.2, 0) is 22.5 Å². The van der Waals surface area contributed by atoms with Gasteiger partial charge in [0.15, 0.2) is 29.0 Å². The van der Waals surface area contributed by atoms with Crippen LogP contribution in [0.25, 0.3) is 22.9 Å². The molecule has 8 nitrogen and oxygen atoms in total. The molecule has 2 aromatic heterocycles. The summed E-state index contributed by atoms with van der Waals surface area (Å²) in [6.45, 7) is 8.53. The summed E-state index contributed by atoms with van der Waals surface area (Å²) in [6.07, 6.45) is 3.19. The van der Waals surface area contributed by atoms with Crippen molar-refractivity contribution in [3.63, 3.8) is 0 Å². The zero-order valence-electron chi connectivity index (χ0n) is 20.5. The number of ether oxygens (including phenoxy) is 2. The first-order valence-electron chi connectivity index (χ1n) is 12.0. The largest absolute Gasteiger partial charge is 0.494 e. The topological polar surface area (TPSA) is 82.4 Å².